The second-order valence-corrected chi connectivity index (χ2v) is 25.5. The zero-order valence-electron chi connectivity index (χ0n) is 35.9. The normalized spacial score (nSPS) is 11.6. The van der Waals surface area contributed by atoms with Crippen LogP contribution in [0.2, 0.25) is 12.6 Å². The predicted octanol–water partition coefficient (Wildman–Crippen LogP) is 9.68. The van der Waals surface area contributed by atoms with E-state index in [1.807, 2.05) is 6.55 Å². The van der Waals surface area contributed by atoms with Gasteiger partial charge in [-0.3, -0.25) is 0 Å². The van der Waals surface area contributed by atoms with Crippen molar-refractivity contribution < 1.29 is 61.3 Å². The van der Waals surface area contributed by atoms with Crippen LogP contribution in [-0.4, -0.2) is 11.6 Å². The largest absolute Gasteiger partial charge is 1.00 e. The summed E-state index contributed by atoms with van der Waals surface area (Å²) in [5.41, 5.74) is 13.8. The summed E-state index contributed by atoms with van der Waals surface area (Å²) in [5, 5.41) is 5.56. The van der Waals surface area contributed by atoms with Gasteiger partial charge in [-0.05, 0) is 45.9 Å². The second-order valence-electron chi connectivity index (χ2n) is 17.2. The second kappa shape index (κ2) is 21.7. The molecule has 0 saturated heterocycles. The first-order valence-corrected chi connectivity index (χ1v) is 25.8. The Kier molecular flexibility index (Phi) is 19.3. The van der Waals surface area contributed by atoms with Gasteiger partial charge < -0.3 is 24.8 Å². The van der Waals surface area contributed by atoms with Crippen LogP contribution in [0.15, 0.2) is 97.1 Å². The molecule has 0 unspecified atom stereocenters. The van der Waals surface area contributed by atoms with Crippen LogP contribution in [0, 0.1) is 13.8 Å². The number of alkyl halides is 3. The molecule has 57 heavy (non-hydrogen) atoms. The van der Waals surface area contributed by atoms with Crippen molar-refractivity contribution in [3.63, 3.8) is 0 Å². The van der Waals surface area contributed by atoms with E-state index in [4.69, 9.17) is 0 Å². The summed E-state index contributed by atoms with van der Waals surface area (Å²) in [6.07, 6.45) is 0.213. The van der Waals surface area contributed by atoms with Gasteiger partial charge in [0.15, 0.2) is 0 Å². The third kappa shape index (κ3) is 13.8. The summed E-state index contributed by atoms with van der Waals surface area (Å²) >= 11 is 1.29. The van der Waals surface area contributed by atoms with Gasteiger partial charge >= 0.3 is 67.1 Å². The summed E-state index contributed by atoms with van der Waals surface area (Å²) in [5.74, 6) is 0. The molecule has 6 aromatic carbocycles. The average Bonchev–Trinajstić information content (AvgIpc) is 3.66. The van der Waals surface area contributed by atoms with Crippen molar-refractivity contribution in [2.45, 2.75) is 131 Å². The molecule has 0 aromatic heterocycles. The van der Waals surface area contributed by atoms with E-state index in [0.717, 1.165) is 12.8 Å². The Morgan fingerprint density at radius 1 is 0.579 bits per heavy atom. The van der Waals surface area contributed by atoms with Crippen LogP contribution in [-0.2, 0) is 47.0 Å². The third-order valence-electron chi connectivity index (χ3n) is 10.4. The average molecular weight is 909 g/mol. The van der Waals surface area contributed by atoms with E-state index >= 15 is 0 Å². The van der Waals surface area contributed by atoms with Gasteiger partial charge in [0.25, 0.3) is 0 Å². The van der Waals surface area contributed by atoms with Crippen molar-refractivity contribution in [2.75, 3.05) is 0 Å². The van der Waals surface area contributed by atoms with Crippen LogP contribution < -0.4 is 24.8 Å². The Morgan fingerprint density at radius 3 is 1.19 bits per heavy atom. The third-order valence-corrected chi connectivity index (χ3v) is 13.2. The molecular formula is C50H61Cl2F3SiZr-2. The number of fused-ring (bicyclic) bond motifs is 2. The fourth-order valence-corrected chi connectivity index (χ4v) is 9.24. The molecule has 0 amide bonds. The maximum atomic E-state index is 11.4. The summed E-state index contributed by atoms with van der Waals surface area (Å²) in [7, 11) is 0. The van der Waals surface area contributed by atoms with Crippen LogP contribution in [0.4, 0.5) is 13.2 Å². The minimum atomic E-state index is -3.93. The monoisotopic (exact) mass is 906 g/mol. The van der Waals surface area contributed by atoms with E-state index in [9.17, 15) is 13.2 Å². The Hall–Kier alpha value is -2.43. The fourth-order valence-electron chi connectivity index (χ4n) is 7.66. The van der Waals surface area contributed by atoms with Gasteiger partial charge in [0.2, 0.25) is 0 Å². The maximum Gasteiger partial charge on any atom is -1.00 e. The van der Waals surface area contributed by atoms with Crippen LogP contribution >= 0.6 is 0 Å². The number of rotatable bonds is 8. The van der Waals surface area contributed by atoms with E-state index < -0.39 is 18.0 Å². The topological polar surface area (TPSA) is 0 Å². The molecule has 0 aliphatic carbocycles. The Morgan fingerprint density at radius 2 is 0.930 bits per heavy atom. The van der Waals surface area contributed by atoms with Gasteiger partial charge in [0, 0.05) is 0 Å². The van der Waals surface area contributed by atoms with Gasteiger partial charge in [-0.25, -0.2) is 0 Å². The van der Waals surface area contributed by atoms with E-state index in [2.05, 4.69) is 166 Å². The summed E-state index contributed by atoms with van der Waals surface area (Å²) in [6, 6.07) is 36.7. The van der Waals surface area contributed by atoms with Gasteiger partial charge in [-0.2, -0.15) is 11.1 Å². The Balaban J connectivity index is 0.000000317. The molecule has 0 N–H and O–H groups in total. The summed E-state index contributed by atoms with van der Waals surface area (Å²) < 4.78 is 34.3. The van der Waals surface area contributed by atoms with Crippen LogP contribution in [0.3, 0.4) is 0 Å². The predicted molar refractivity (Wildman–Crippen MR) is 232 cm³/mol. The van der Waals surface area contributed by atoms with Gasteiger partial charge in [-0.1, -0.05) is 154 Å². The first kappa shape index (κ1) is 50.7. The van der Waals surface area contributed by atoms with Crippen molar-refractivity contribution in [3.8, 4) is 22.3 Å². The zero-order chi connectivity index (χ0) is 40.7. The molecule has 0 aliphatic rings. The summed E-state index contributed by atoms with van der Waals surface area (Å²) in [4.78, 5) is 0. The Labute approximate surface area is 369 Å². The van der Waals surface area contributed by atoms with Crippen molar-refractivity contribution in [1.82, 2.24) is 0 Å². The molecule has 0 saturated carbocycles. The molecule has 6 aromatic rings. The van der Waals surface area contributed by atoms with Crippen molar-refractivity contribution in [2.24, 2.45) is 0 Å². The molecule has 0 atom stereocenters. The quantitative estimate of drug-likeness (QED) is 0.106. The standard InChI is InChI=1S/2C23H27.C4H7F3Si.2ClH.Zr/c2*1-6-8-17-11-13-18(14-12-17)20-10-7-9-19-15-21(23(3,4)5)16(2)22(19)20;1-8-3-2-4(5,6)7;;;/h2*7,9-15H,6,8H2,1-5H3;2-3H2,1H3;2*1H;/q2*-1;;;;+2/p-2. The fraction of sp³-hybridized carbons (Fsp3) is 0.400. The van der Waals surface area contributed by atoms with Crippen molar-refractivity contribution >= 4 is 27.0 Å². The first-order valence-electron chi connectivity index (χ1n) is 19.9. The van der Waals surface area contributed by atoms with Gasteiger partial charge in [0.05, 0.1) is 0 Å². The number of hydrogen-bond acceptors (Lipinski definition) is 0. The van der Waals surface area contributed by atoms with Crippen LogP contribution in [0.1, 0.15) is 108 Å². The molecule has 6 rings (SSSR count). The Bertz CT molecular complexity index is 2030. The molecule has 7 heteroatoms. The minimum absolute atomic E-state index is 0. The van der Waals surface area contributed by atoms with E-state index in [-0.39, 0.29) is 35.6 Å². The van der Waals surface area contributed by atoms with E-state index in [1.54, 1.807) is 0 Å². The molecule has 0 fully saturated rings. The number of halogens is 5. The molecule has 306 valence electrons. The van der Waals surface area contributed by atoms with Gasteiger partial charge in [-0.15, -0.1) is 69.1 Å². The first-order chi connectivity index (χ1) is 25.7. The molecule has 0 aliphatic heterocycles. The molecule has 0 bridgehead atoms. The van der Waals surface area contributed by atoms with Crippen molar-refractivity contribution in [1.29, 1.82) is 0 Å². The molecule has 0 heterocycles. The molecule has 0 nitrogen and oxygen atoms in total. The summed E-state index contributed by atoms with van der Waals surface area (Å²) in [6.45, 7) is 24.7. The minimum Gasteiger partial charge on any atom is -1.00 e. The maximum absolute atomic E-state index is 11.4. The van der Waals surface area contributed by atoms with Gasteiger partial charge in [0.1, 0.15) is 0 Å². The zero-order valence-corrected chi connectivity index (χ0v) is 40.8. The molecule has 0 spiro atoms. The van der Waals surface area contributed by atoms with Crippen molar-refractivity contribution in [3.05, 3.63) is 130 Å². The van der Waals surface area contributed by atoms with E-state index in [0.29, 0.717) is 6.04 Å². The van der Waals surface area contributed by atoms with E-state index in [1.165, 1.54) is 113 Å². The van der Waals surface area contributed by atoms with Crippen LogP contribution in [0.5, 0.6) is 0 Å². The molecular weight excluding hydrogens is 848 g/mol. The number of benzene rings is 4. The molecule has 0 radical (unpaired) electrons. The van der Waals surface area contributed by atoms with Crippen LogP contribution in [0.25, 0.3) is 43.8 Å². The SMILES string of the molecule is CCCc1ccc(-c2cccc3[cH-]c(C(C)(C)C)c(C)c23)cc1.CCCc1ccc(-c2cccc3[cH-]c(C(C)(C)C)c(C)c23)cc1.C[Si](=[Zr+2])CCC(F)(F)F.[Cl-].[Cl-]. The number of hydrogen-bond donors (Lipinski definition) is 0. The number of aryl methyl sites for hydroxylation is 4. The smallest absolute Gasteiger partial charge is 1.00 e.